The van der Waals surface area contributed by atoms with E-state index < -0.39 is 10.7 Å². The number of carbonyl (C=O) groups excluding carboxylic acids is 1. The maximum Gasteiger partial charge on any atom is 0.272 e. The number of benzene rings is 1. The fraction of sp³-hybridized carbons (Fsp3) is 0.417. The first-order valence-corrected chi connectivity index (χ1v) is 5.74. The van der Waals surface area contributed by atoms with Gasteiger partial charge in [-0.05, 0) is 18.6 Å². The van der Waals surface area contributed by atoms with Gasteiger partial charge in [0.1, 0.15) is 11.6 Å². The number of nitrogens with one attached hydrogen (secondary N) is 1. The lowest BCUT2D eigenvalue weighted by Crippen LogP contribution is -2.38. The summed E-state index contributed by atoms with van der Waals surface area (Å²) in [6, 6.07) is 3.34. The summed E-state index contributed by atoms with van der Waals surface area (Å²) in [6.45, 7) is 1.13. The minimum absolute atomic E-state index is 0.0762. The highest BCUT2D eigenvalue weighted by Gasteiger charge is 2.25. The summed E-state index contributed by atoms with van der Waals surface area (Å²) < 4.78 is 13.1. The molecule has 0 radical (unpaired) electrons. The molecule has 0 spiro atoms. The molecule has 0 amide bonds. The highest BCUT2D eigenvalue weighted by atomic mass is 19.1. The van der Waals surface area contributed by atoms with Crippen molar-refractivity contribution in [3.63, 3.8) is 0 Å². The minimum Gasteiger partial charge on any atom is -0.316 e. The van der Waals surface area contributed by atoms with Crippen LogP contribution in [0.4, 0.5) is 10.1 Å². The normalized spacial score (nSPS) is 19.8. The summed E-state index contributed by atoms with van der Waals surface area (Å²) in [7, 11) is 0. The van der Waals surface area contributed by atoms with Crippen LogP contribution in [0.15, 0.2) is 18.2 Å². The molecule has 0 aromatic heterocycles. The minimum atomic E-state index is -0.546. The van der Waals surface area contributed by atoms with Crippen LogP contribution in [-0.4, -0.2) is 23.8 Å². The Labute approximate surface area is 103 Å². The van der Waals surface area contributed by atoms with E-state index in [1.165, 1.54) is 0 Å². The number of nitrogens with zero attached hydrogens (tertiary/aromatic N) is 1. The second-order valence-corrected chi connectivity index (χ2v) is 4.35. The molecule has 1 atom stereocenters. The van der Waals surface area contributed by atoms with E-state index in [1.54, 1.807) is 0 Å². The van der Waals surface area contributed by atoms with Gasteiger partial charge in [0.2, 0.25) is 0 Å². The third kappa shape index (κ3) is 2.70. The van der Waals surface area contributed by atoms with E-state index >= 15 is 0 Å². The van der Waals surface area contributed by atoms with Crippen molar-refractivity contribution in [3.05, 3.63) is 39.7 Å². The largest absolute Gasteiger partial charge is 0.316 e. The Morgan fingerprint density at radius 3 is 2.94 bits per heavy atom. The Kier molecular flexibility index (Phi) is 3.66. The first-order chi connectivity index (χ1) is 8.58. The van der Waals surface area contributed by atoms with Gasteiger partial charge >= 0.3 is 0 Å². The maximum atomic E-state index is 13.1. The smallest absolute Gasteiger partial charge is 0.272 e. The topological polar surface area (TPSA) is 72.2 Å². The summed E-state index contributed by atoms with van der Waals surface area (Å²) in [4.78, 5) is 22.0. The van der Waals surface area contributed by atoms with Crippen molar-refractivity contribution in [1.29, 1.82) is 0 Å². The predicted molar refractivity (Wildman–Crippen MR) is 62.7 cm³/mol. The molecule has 1 aliphatic heterocycles. The number of Topliss-reactive ketones (excluding diaryl/α,β-unsaturated/α-hetero) is 1. The fourth-order valence-electron chi connectivity index (χ4n) is 2.15. The van der Waals surface area contributed by atoms with E-state index in [0.29, 0.717) is 19.5 Å². The van der Waals surface area contributed by atoms with Gasteiger partial charge in [0.25, 0.3) is 5.69 Å². The third-order valence-electron chi connectivity index (χ3n) is 3.10. The maximum absolute atomic E-state index is 13.1. The Morgan fingerprint density at radius 2 is 2.28 bits per heavy atom. The van der Waals surface area contributed by atoms with Crippen LogP contribution in [0.3, 0.4) is 0 Å². The zero-order valence-corrected chi connectivity index (χ0v) is 9.69. The standard InChI is InChI=1S/C12H13FN2O3/c13-10-1-2-11(15(17)18)8(6-10)5-9-7-14-4-3-12(9)16/h1-2,6,9,14H,3-5,7H2. The van der Waals surface area contributed by atoms with Gasteiger partial charge < -0.3 is 5.32 Å². The molecule has 96 valence electrons. The zero-order chi connectivity index (χ0) is 13.1. The van der Waals surface area contributed by atoms with Gasteiger partial charge in [-0.15, -0.1) is 0 Å². The van der Waals surface area contributed by atoms with Crippen LogP contribution in [0.25, 0.3) is 0 Å². The Bertz CT molecular complexity index is 490. The van der Waals surface area contributed by atoms with Crippen molar-refractivity contribution in [2.24, 2.45) is 5.92 Å². The average Bonchev–Trinajstić information content (AvgIpc) is 2.32. The zero-order valence-electron chi connectivity index (χ0n) is 9.69. The molecule has 1 aliphatic rings. The summed E-state index contributed by atoms with van der Waals surface area (Å²) in [5, 5.41) is 13.9. The molecule has 0 saturated carbocycles. The third-order valence-corrected chi connectivity index (χ3v) is 3.10. The Balaban J connectivity index is 2.24. The predicted octanol–water partition coefficient (Wildman–Crippen LogP) is 1.45. The summed E-state index contributed by atoms with van der Waals surface area (Å²) >= 11 is 0. The number of hydrogen-bond acceptors (Lipinski definition) is 4. The molecule has 1 N–H and O–H groups in total. The first kappa shape index (κ1) is 12.6. The molecule has 1 aromatic carbocycles. The Hall–Kier alpha value is -1.82. The van der Waals surface area contributed by atoms with Crippen LogP contribution in [0, 0.1) is 21.8 Å². The number of nitro groups is 1. The van der Waals surface area contributed by atoms with Crippen LogP contribution < -0.4 is 5.32 Å². The molecule has 1 fully saturated rings. The lowest BCUT2D eigenvalue weighted by Gasteiger charge is -2.21. The molecule has 1 aromatic rings. The second kappa shape index (κ2) is 5.22. The summed E-state index contributed by atoms with van der Waals surface area (Å²) in [6.07, 6.45) is 0.633. The van der Waals surface area contributed by atoms with Gasteiger partial charge in [0, 0.05) is 37.1 Å². The van der Waals surface area contributed by atoms with Gasteiger partial charge in [-0.25, -0.2) is 4.39 Å². The van der Waals surface area contributed by atoms with E-state index in [4.69, 9.17) is 0 Å². The van der Waals surface area contributed by atoms with Crippen LogP contribution in [0.5, 0.6) is 0 Å². The molecular weight excluding hydrogens is 239 g/mol. The first-order valence-electron chi connectivity index (χ1n) is 5.74. The molecule has 18 heavy (non-hydrogen) atoms. The van der Waals surface area contributed by atoms with Crippen molar-refractivity contribution in [2.45, 2.75) is 12.8 Å². The summed E-state index contributed by atoms with van der Waals surface area (Å²) in [5.74, 6) is -0.752. The van der Waals surface area contributed by atoms with E-state index in [2.05, 4.69) is 5.32 Å². The molecule has 1 saturated heterocycles. The van der Waals surface area contributed by atoms with E-state index in [0.717, 1.165) is 18.2 Å². The number of hydrogen-bond donors (Lipinski definition) is 1. The van der Waals surface area contributed by atoms with E-state index in [1.807, 2.05) is 0 Å². The molecule has 0 aliphatic carbocycles. The molecular formula is C12H13FN2O3. The summed E-state index contributed by atoms with van der Waals surface area (Å²) in [5.41, 5.74) is 0.150. The number of ketones is 1. The van der Waals surface area contributed by atoms with Gasteiger partial charge in [-0.2, -0.15) is 0 Å². The molecule has 6 heteroatoms. The van der Waals surface area contributed by atoms with Crippen molar-refractivity contribution >= 4 is 11.5 Å². The molecule has 1 heterocycles. The van der Waals surface area contributed by atoms with Crippen LogP contribution >= 0.6 is 0 Å². The Morgan fingerprint density at radius 1 is 1.50 bits per heavy atom. The lowest BCUT2D eigenvalue weighted by molar-refractivity contribution is -0.385. The number of rotatable bonds is 3. The van der Waals surface area contributed by atoms with E-state index in [-0.39, 0.29) is 29.4 Å². The van der Waals surface area contributed by atoms with Gasteiger partial charge in [0.15, 0.2) is 0 Å². The van der Waals surface area contributed by atoms with Gasteiger partial charge in [-0.3, -0.25) is 14.9 Å². The second-order valence-electron chi connectivity index (χ2n) is 4.35. The fourth-order valence-corrected chi connectivity index (χ4v) is 2.15. The van der Waals surface area contributed by atoms with Crippen molar-refractivity contribution in [1.82, 2.24) is 5.32 Å². The highest BCUT2D eigenvalue weighted by Crippen LogP contribution is 2.24. The monoisotopic (exact) mass is 252 g/mol. The van der Waals surface area contributed by atoms with Crippen LogP contribution in [-0.2, 0) is 11.2 Å². The van der Waals surface area contributed by atoms with Crippen molar-refractivity contribution < 1.29 is 14.1 Å². The number of nitro benzene ring substituents is 1. The molecule has 0 bridgehead atoms. The highest BCUT2D eigenvalue weighted by molar-refractivity contribution is 5.82. The molecule has 1 unspecified atom stereocenters. The van der Waals surface area contributed by atoms with Crippen LogP contribution in [0.2, 0.25) is 0 Å². The van der Waals surface area contributed by atoms with Crippen LogP contribution in [0.1, 0.15) is 12.0 Å². The van der Waals surface area contributed by atoms with E-state index in [9.17, 15) is 19.3 Å². The van der Waals surface area contributed by atoms with Crippen molar-refractivity contribution in [3.8, 4) is 0 Å². The number of carbonyl (C=O) groups is 1. The SMILES string of the molecule is O=C1CCNCC1Cc1cc(F)ccc1[N+](=O)[O-]. The lowest BCUT2D eigenvalue weighted by atomic mass is 9.90. The van der Waals surface area contributed by atoms with Gasteiger partial charge in [0.05, 0.1) is 4.92 Å². The number of piperidine rings is 1. The molecule has 2 rings (SSSR count). The number of halogens is 1. The molecule has 5 nitrogen and oxygen atoms in total. The van der Waals surface area contributed by atoms with Crippen molar-refractivity contribution in [2.75, 3.05) is 13.1 Å². The quantitative estimate of drug-likeness (QED) is 0.653. The van der Waals surface area contributed by atoms with Gasteiger partial charge in [-0.1, -0.05) is 0 Å². The average molecular weight is 252 g/mol.